The lowest BCUT2D eigenvalue weighted by Gasteiger charge is -2.25. The van der Waals surface area contributed by atoms with Crippen molar-refractivity contribution in [1.29, 1.82) is 0 Å². The highest BCUT2D eigenvalue weighted by Crippen LogP contribution is 2.20. The van der Waals surface area contributed by atoms with Crippen molar-refractivity contribution >= 4 is 11.8 Å². The second kappa shape index (κ2) is 6.74. The van der Waals surface area contributed by atoms with Gasteiger partial charge in [0.05, 0.1) is 6.10 Å². The van der Waals surface area contributed by atoms with Crippen LogP contribution in [-0.4, -0.2) is 42.3 Å². The highest BCUT2D eigenvalue weighted by molar-refractivity contribution is 6.35. The number of aliphatic hydroxyl groups is 1. The zero-order valence-electron chi connectivity index (χ0n) is 11.1. The standard InChI is InChI=1S/C11H19F3N2O3/c1-10(2,3)7(17)4-5-15-8(18)9(19)16-6-11(12,13)14/h7,17H,4-6H2,1-3H3,(H,15,18)(H,16,19)/t7-/m1/s1. The summed E-state index contributed by atoms with van der Waals surface area (Å²) in [6, 6.07) is 0. The average Bonchev–Trinajstić information content (AvgIpc) is 2.23. The summed E-state index contributed by atoms with van der Waals surface area (Å²) in [7, 11) is 0. The predicted octanol–water partition coefficient (Wildman–Crippen LogP) is 0.578. The first-order valence-corrected chi connectivity index (χ1v) is 5.74. The van der Waals surface area contributed by atoms with Crippen molar-refractivity contribution in [3.8, 4) is 0 Å². The van der Waals surface area contributed by atoms with Crippen LogP contribution in [0.25, 0.3) is 0 Å². The van der Waals surface area contributed by atoms with Crippen molar-refractivity contribution < 1.29 is 27.9 Å². The summed E-state index contributed by atoms with van der Waals surface area (Å²) in [5.41, 5.74) is -0.372. The van der Waals surface area contributed by atoms with Gasteiger partial charge in [0.1, 0.15) is 6.54 Å². The molecule has 0 rings (SSSR count). The van der Waals surface area contributed by atoms with Gasteiger partial charge in [-0.2, -0.15) is 13.2 Å². The van der Waals surface area contributed by atoms with Gasteiger partial charge in [0.2, 0.25) is 0 Å². The maximum Gasteiger partial charge on any atom is 0.405 e. The van der Waals surface area contributed by atoms with E-state index in [-0.39, 0.29) is 18.4 Å². The summed E-state index contributed by atoms with van der Waals surface area (Å²) in [5.74, 6) is -2.49. The van der Waals surface area contributed by atoms with Crippen molar-refractivity contribution in [3.63, 3.8) is 0 Å². The molecule has 0 aliphatic heterocycles. The van der Waals surface area contributed by atoms with E-state index in [1.165, 1.54) is 5.32 Å². The van der Waals surface area contributed by atoms with E-state index in [2.05, 4.69) is 5.32 Å². The van der Waals surface area contributed by atoms with Gasteiger partial charge in [-0.05, 0) is 11.8 Å². The fraction of sp³-hybridized carbons (Fsp3) is 0.818. The molecule has 0 unspecified atom stereocenters. The molecule has 3 N–H and O–H groups in total. The SMILES string of the molecule is CC(C)(C)[C@H](O)CCNC(=O)C(=O)NCC(F)(F)F. The van der Waals surface area contributed by atoms with Crippen LogP contribution in [0.15, 0.2) is 0 Å². The Balaban J connectivity index is 3.96. The zero-order valence-corrected chi connectivity index (χ0v) is 11.1. The molecular weight excluding hydrogens is 265 g/mol. The minimum Gasteiger partial charge on any atom is -0.393 e. The Kier molecular flexibility index (Phi) is 6.28. The second-order valence-electron chi connectivity index (χ2n) is 5.22. The van der Waals surface area contributed by atoms with Crippen LogP contribution < -0.4 is 10.6 Å². The molecule has 0 heterocycles. The van der Waals surface area contributed by atoms with E-state index in [0.29, 0.717) is 0 Å². The van der Waals surface area contributed by atoms with E-state index in [1.807, 2.05) is 0 Å². The van der Waals surface area contributed by atoms with Gasteiger partial charge in [-0.25, -0.2) is 0 Å². The van der Waals surface area contributed by atoms with Crippen LogP contribution in [0, 0.1) is 5.41 Å². The summed E-state index contributed by atoms with van der Waals surface area (Å²) in [5, 5.41) is 13.2. The molecule has 0 spiro atoms. The number of amides is 2. The molecule has 5 nitrogen and oxygen atoms in total. The fourth-order valence-electron chi connectivity index (χ4n) is 1.10. The van der Waals surface area contributed by atoms with Gasteiger partial charge in [-0.3, -0.25) is 9.59 Å². The van der Waals surface area contributed by atoms with Crippen molar-refractivity contribution in [2.24, 2.45) is 5.41 Å². The Morgan fingerprint density at radius 1 is 1.11 bits per heavy atom. The topological polar surface area (TPSA) is 78.4 Å². The summed E-state index contributed by atoms with van der Waals surface area (Å²) in [6.45, 7) is 3.86. The first-order chi connectivity index (χ1) is 8.43. The number of alkyl halides is 3. The average molecular weight is 284 g/mol. The third-order valence-corrected chi connectivity index (χ3v) is 2.36. The van der Waals surface area contributed by atoms with Gasteiger partial charge < -0.3 is 15.7 Å². The van der Waals surface area contributed by atoms with Gasteiger partial charge in [0.15, 0.2) is 0 Å². The molecule has 0 aliphatic rings. The van der Waals surface area contributed by atoms with Gasteiger partial charge >= 0.3 is 18.0 Å². The summed E-state index contributed by atoms with van der Waals surface area (Å²) >= 11 is 0. The quantitative estimate of drug-likeness (QED) is 0.661. The number of hydrogen-bond donors (Lipinski definition) is 3. The summed E-state index contributed by atoms with van der Waals surface area (Å²) in [6.07, 6.45) is -5.04. The van der Waals surface area contributed by atoms with Crippen LogP contribution in [0.3, 0.4) is 0 Å². The van der Waals surface area contributed by atoms with Crippen molar-refractivity contribution in [2.75, 3.05) is 13.1 Å². The Labute approximate surface area is 109 Å². The Bertz CT molecular complexity index is 324. The van der Waals surface area contributed by atoms with Crippen LogP contribution in [0.5, 0.6) is 0 Å². The molecule has 0 aliphatic carbocycles. The number of hydrogen-bond acceptors (Lipinski definition) is 3. The molecule has 112 valence electrons. The van der Waals surface area contributed by atoms with Gasteiger partial charge in [-0.1, -0.05) is 20.8 Å². The summed E-state index contributed by atoms with van der Waals surface area (Å²) < 4.78 is 35.4. The molecule has 0 saturated carbocycles. The van der Waals surface area contributed by atoms with Crippen LogP contribution >= 0.6 is 0 Å². The number of carbonyl (C=O) groups is 2. The minimum absolute atomic E-state index is 0.0106. The lowest BCUT2D eigenvalue weighted by Crippen LogP contribution is -2.44. The van der Waals surface area contributed by atoms with Crippen LogP contribution in [-0.2, 0) is 9.59 Å². The van der Waals surface area contributed by atoms with Crippen LogP contribution in [0.2, 0.25) is 0 Å². The molecule has 0 bridgehead atoms. The molecule has 2 amide bonds. The first kappa shape index (κ1) is 17.7. The van der Waals surface area contributed by atoms with Gasteiger partial charge in [-0.15, -0.1) is 0 Å². The van der Waals surface area contributed by atoms with E-state index in [0.717, 1.165) is 0 Å². The van der Waals surface area contributed by atoms with Crippen LogP contribution in [0.1, 0.15) is 27.2 Å². The minimum atomic E-state index is -4.56. The Morgan fingerprint density at radius 3 is 2.00 bits per heavy atom. The van der Waals surface area contributed by atoms with Gasteiger partial charge in [0, 0.05) is 6.54 Å². The molecule has 0 radical (unpaired) electrons. The molecular formula is C11H19F3N2O3. The largest absolute Gasteiger partial charge is 0.405 e. The molecule has 1 atom stereocenters. The molecule has 0 aromatic carbocycles. The van der Waals surface area contributed by atoms with Crippen molar-refractivity contribution in [1.82, 2.24) is 10.6 Å². The maximum absolute atomic E-state index is 11.8. The normalized spacial score (nSPS) is 13.8. The number of rotatable bonds is 4. The second-order valence-corrected chi connectivity index (χ2v) is 5.22. The third kappa shape index (κ3) is 8.41. The highest BCUT2D eigenvalue weighted by Gasteiger charge is 2.29. The Hall–Kier alpha value is -1.31. The monoisotopic (exact) mass is 284 g/mol. The lowest BCUT2D eigenvalue weighted by molar-refractivity contribution is -0.146. The number of carbonyl (C=O) groups excluding carboxylic acids is 2. The molecule has 0 aromatic rings. The van der Waals surface area contributed by atoms with E-state index in [9.17, 15) is 27.9 Å². The number of halogens is 3. The molecule has 0 fully saturated rings. The first-order valence-electron chi connectivity index (χ1n) is 5.74. The smallest absolute Gasteiger partial charge is 0.393 e. The Morgan fingerprint density at radius 2 is 1.58 bits per heavy atom. The third-order valence-electron chi connectivity index (χ3n) is 2.36. The molecule has 8 heteroatoms. The number of nitrogens with one attached hydrogen (secondary N) is 2. The van der Waals surface area contributed by atoms with Crippen molar-refractivity contribution in [3.05, 3.63) is 0 Å². The molecule has 0 aromatic heterocycles. The van der Waals surface area contributed by atoms with Crippen molar-refractivity contribution in [2.45, 2.75) is 39.5 Å². The van der Waals surface area contributed by atoms with E-state index in [1.54, 1.807) is 20.8 Å². The van der Waals surface area contributed by atoms with E-state index >= 15 is 0 Å². The van der Waals surface area contributed by atoms with Gasteiger partial charge in [0.25, 0.3) is 0 Å². The summed E-state index contributed by atoms with van der Waals surface area (Å²) in [4.78, 5) is 22.1. The highest BCUT2D eigenvalue weighted by atomic mass is 19.4. The fourth-order valence-corrected chi connectivity index (χ4v) is 1.10. The van der Waals surface area contributed by atoms with E-state index in [4.69, 9.17) is 0 Å². The number of aliphatic hydroxyl groups excluding tert-OH is 1. The molecule has 19 heavy (non-hydrogen) atoms. The van der Waals surface area contributed by atoms with Crippen LogP contribution in [0.4, 0.5) is 13.2 Å². The van der Waals surface area contributed by atoms with E-state index < -0.39 is 30.6 Å². The zero-order chi connectivity index (χ0) is 15.3. The molecule has 0 saturated heterocycles. The lowest BCUT2D eigenvalue weighted by atomic mass is 9.87. The maximum atomic E-state index is 11.8. The predicted molar refractivity (Wildman–Crippen MR) is 62.2 cm³/mol.